The van der Waals surface area contributed by atoms with E-state index in [1.54, 1.807) is 6.07 Å². The van der Waals surface area contributed by atoms with Gasteiger partial charge in [0, 0.05) is 17.7 Å². The molecule has 2 N–H and O–H groups in total. The maximum atomic E-state index is 12.5. The Labute approximate surface area is 190 Å². The molecule has 1 amide bonds. The summed E-state index contributed by atoms with van der Waals surface area (Å²) in [6.45, 7) is 0.491. The molecule has 0 saturated heterocycles. The number of benzene rings is 4. The van der Waals surface area contributed by atoms with Crippen molar-refractivity contribution in [2.45, 2.75) is 6.54 Å². The van der Waals surface area contributed by atoms with Crippen molar-refractivity contribution in [2.24, 2.45) is 0 Å². The van der Waals surface area contributed by atoms with Crippen LogP contribution in [0.25, 0.3) is 33.3 Å². The summed E-state index contributed by atoms with van der Waals surface area (Å²) in [6, 6.07) is 29.1. The molecule has 0 bridgehead atoms. The summed E-state index contributed by atoms with van der Waals surface area (Å²) in [5, 5.41) is 8.20. The van der Waals surface area contributed by atoms with Crippen LogP contribution in [0.5, 0.6) is 0 Å². The first-order valence-corrected chi connectivity index (χ1v) is 10.6. The van der Waals surface area contributed by atoms with Gasteiger partial charge < -0.3 is 9.73 Å². The zero-order valence-electron chi connectivity index (χ0n) is 17.0. The number of hydrogen-bond donors (Lipinski definition) is 2. The highest BCUT2D eigenvalue weighted by molar-refractivity contribution is 7.80. The van der Waals surface area contributed by atoms with Gasteiger partial charge in [0.2, 0.25) is 5.89 Å². The molecule has 0 saturated carbocycles. The van der Waals surface area contributed by atoms with Crippen LogP contribution in [-0.4, -0.2) is 16.0 Å². The normalized spacial score (nSPS) is 10.9. The van der Waals surface area contributed by atoms with E-state index in [2.05, 4.69) is 15.6 Å². The topological polar surface area (TPSA) is 67.2 Å². The van der Waals surface area contributed by atoms with E-state index in [0.717, 1.165) is 33.0 Å². The third-order valence-electron chi connectivity index (χ3n) is 5.19. The van der Waals surface area contributed by atoms with Crippen LogP contribution >= 0.6 is 12.2 Å². The molecule has 5 rings (SSSR count). The first-order valence-electron chi connectivity index (χ1n) is 10.2. The SMILES string of the molecule is O=C(NC(=S)NCc1ccc(-c2nc3ccccc3o2)cc1)c1ccc2ccccc2c1. The van der Waals surface area contributed by atoms with Crippen LogP contribution in [0.4, 0.5) is 0 Å². The van der Waals surface area contributed by atoms with Gasteiger partial charge in [-0.1, -0.05) is 54.6 Å². The molecule has 156 valence electrons. The zero-order valence-corrected chi connectivity index (χ0v) is 17.9. The lowest BCUT2D eigenvalue weighted by molar-refractivity contribution is 0.0977. The maximum absolute atomic E-state index is 12.5. The highest BCUT2D eigenvalue weighted by Gasteiger charge is 2.10. The number of rotatable bonds is 4. The molecule has 0 fully saturated rings. The number of carbonyl (C=O) groups excluding carboxylic acids is 1. The highest BCUT2D eigenvalue weighted by atomic mass is 32.1. The van der Waals surface area contributed by atoms with Gasteiger partial charge in [-0.25, -0.2) is 4.98 Å². The van der Waals surface area contributed by atoms with Crippen LogP contribution in [0.15, 0.2) is 95.4 Å². The van der Waals surface area contributed by atoms with Crippen molar-refractivity contribution >= 4 is 45.1 Å². The van der Waals surface area contributed by atoms with Gasteiger partial charge in [-0.05, 0) is 65.0 Å². The van der Waals surface area contributed by atoms with Crippen molar-refractivity contribution < 1.29 is 9.21 Å². The Hall–Kier alpha value is -4.03. The number of nitrogens with one attached hydrogen (secondary N) is 2. The number of fused-ring (bicyclic) bond motifs is 2. The van der Waals surface area contributed by atoms with Crippen molar-refractivity contribution in [3.8, 4) is 11.5 Å². The summed E-state index contributed by atoms with van der Waals surface area (Å²) < 4.78 is 5.81. The molecule has 0 spiro atoms. The third-order valence-corrected chi connectivity index (χ3v) is 5.43. The fourth-order valence-corrected chi connectivity index (χ4v) is 3.66. The average molecular weight is 438 g/mol. The Morgan fingerprint density at radius 2 is 1.62 bits per heavy atom. The van der Waals surface area contributed by atoms with Crippen molar-refractivity contribution in [2.75, 3.05) is 0 Å². The van der Waals surface area contributed by atoms with E-state index in [0.29, 0.717) is 18.0 Å². The zero-order chi connectivity index (χ0) is 21.9. The molecule has 4 aromatic carbocycles. The molecule has 5 nitrogen and oxygen atoms in total. The summed E-state index contributed by atoms with van der Waals surface area (Å²) in [5.41, 5.74) is 4.08. The number of oxazole rings is 1. The first kappa shape index (κ1) is 19.9. The Morgan fingerprint density at radius 3 is 2.44 bits per heavy atom. The minimum atomic E-state index is -0.237. The smallest absolute Gasteiger partial charge is 0.257 e. The summed E-state index contributed by atoms with van der Waals surface area (Å²) in [6.07, 6.45) is 0. The summed E-state index contributed by atoms with van der Waals surface area (Å²) in [4.78, 5) is 17.0. The number of aromatic nitrogens is 1. The van der Waals surface area contributed by atoms with Gasteiger partial charge in [0.1, 0.15) is 5.52 Å². The Balaban J connectivity index is 1.19. The predicted molar refractivity (Wildman–Crippen MR) is 130 cm³/mol. The second kappa shape index (κ2) is 8.61. The van der Waals surface area contributed by atoms with Gasteiger partial charge in [-0.15, -0.1) is 0 Å². The van der Waals surface area contributed by atoms with E-state index < -0.39 is 0 Å². The number of nitrogens with zero attached hydrogens (tertiary/aromatic N) is 1. The maximum Gasteiger partial charge on any atom is 0.257 e. The number of thiocarbonyl (C=S) groups is 1. The molecular formula is C26H19N3O2S. The lowest BCUT2D eigenvalue weighted by Crippen LogP contribution is -2.38. The van der Waals surface area contributed by atoms with Gasteiger partial charge in [-0.2, -0.15) is 0 Å². The van der Waals surface area contributed by atoms with Crippen molar-refractivity contribution in [1.29, 1.82) is 0 Å². The van der Waals surface area contributed by atoms with E-state index in [1.165, 1.54) is 0 Å². The molecule has 0 aliphatic rings. The highest BCUT2D eigenvalue weighted by Crippen LogP contribution is 2.24. The number of carbonyl (C=O) groups is 1. The molecule has 1 aromatic heterocycles. The van der Waals surface area contributed by atoms with Crippen molar-refractivity contribution in [3.05, 3.63) is 102 Å². The molecule has 6 heteroatoms. The van der Waals surface area contributed by atoms with Crippen molar-refractivity contribution in [3.63, 3.8) is 0 Å². The Morgan fingerprint density at radius 1 is 0.875 bits per heavy atom. The first-order chi connectivity index (χ1) is 15.7. The van der Waals surface area contributed by atoms with E-state index in [1.807, 2.05) is 84.9 Å². The Kier molecular flexibility index (Phi) is 5.35. The molecule has 0 radical (unpaired) electrons. The monoisotopic (exact) mass is 437 g/mol. The molecule has 0 aliphatic heterocycles. The Bertz CT molecular complexity index is 1410. The molecule has 32 heavy (non-hydrogen) atoms. The summed E-state index contributed by atoms with van der Waals surface area (Å²) in [5.74, 6) is 0.350. The second-order valence-electron chi connectivity index (χ2n) is 7.38. The molecule has 1 heterocycles. The summed E-state index contributed by atoms with van der Waals surface area (Å²) >= 11 is 5.30. The van der Waals surface area contributed by atoms with E-state index in [4.69, 9.17) is 16.6 Å². The van der Waals surface area contributed by atoms with Crippen LogP contribution in [0, 0.1) is 0 Å². The molecule has 0 unspecified atom stereocenters. The second-order valence-corrected chi connectivity index (χ2v) is 7.79. The third kappa shape index (κ3) is 4.22. The minimum Gasteiger partial charge on any atom is -0.436 e. The van der Waals surface area contributed by atoms with Gasteiger partial charge in [0.05, 0.1) is 0 Å². The summed E-state index contributed by atoms with van der Waals surface area (Å²) in [7, 11) is 0. The number of hydrogen-bond acceptors (Lipinski definition) is 4. The number of para-hydroxylation sites is 2. The number of amides is 1. The van der Waals surface area contributed by atoms with Crippen LogP contribution in [0.3, 0.4) is 0 Å². The van der Waals surface area contributed by atoms with Crippen LogP contribution < -0.4 is 10.6 Å². The molecular weight excluding hydrogens is 418 g/mol. The minimum absolute atomic E-state index is 0.237. The quantitative estimate of drug-likeness (QED) is 0.366. The van der Waals surface area contributed by atoms with Gasteiger partial charge >= 0.3 is 0 Å². The van der Waals surface area contributed by atoms with Gasteiger partial charge in [-0.3, -0.25) is 10.1 Å². The van der Waals surface area contributed by atoms with Gasteiger partial charge in [0.15, 0.2) is 10.7 Å². The lowest BCUT2D eigenvalue weighted by Gasteiger charge is -2.10. The van der Waals surface area contributed by atoms with E-state index >= 15 is 0 Å². The van der Waals surface area contributed by atoms with Crippen LogP contribution in [0.2, 0.25) is 0 Å². The fraction of sp³-hybridized carbons (Fsp3) is 0.0385. The standard InChI is InChI=1S/C26H19N3O2S/c30-24(21-14-13-18-5-1-2-6-20(18)15-21)29-26(32)27-16-17-9-11-19(12-10-17)25-28-22-7-3-4-8-23(22)31-25/h1-15H,16H2,(H2,27,29,30,32). The van der Waals surface area contributed by atoms with Gasteiger partial charge in [0.25, 0.3) is 5.91 Å². The largest absolute Gasteiger partial charge is 0.436 e. The molecule has 0 atom stereocenters. The average Bonchev–Trinajstić information content (AvgIpc) is 3.27. The van der Waals surface area contributed by atoms with Crippen LogP contribution in [-0.2, 0) is 6.54 Å². The molecule has 5 aromatic rings. The molecule has 0 aliphatic carbocycles. The van der Waals surface area contributed by atoms with Crippen LogP contribution in [0.1, 0.15) is 15.9 Å². The predicted octanol–water partition coefficient (Wildman–Crippen LogP) is 5.45. The van der Waals surface area contributed by atoms with E-state index in [-0.39, 0.29) is 11.0 Å². The fourth-order valence-electron chi connectivity index (χ4n) is 3.49. The van der Waals surface area contributed by atoms with Crippen molar-refractivity contribution in [1.82, 2.24) is 15.6 Å². The van der Waals surface area contributed by atoms with E-state index in [9.17, 15) is 4.79 Å². The lowest BCUT2D eigenvalue weighted by atomic mass is 10.1.